The fourth-order valence-electron chi connectivity index (χ4n) is 3.05. The number of fused-ring (bicyclic) bond motifs is 2. The van der Waals surface area contributed by atoms with E-state index >= 15 is 0 Å². The zero-order chi connectivity index (χ0) is 15.5. The van der Waals surface area contributed by atoms with Crippen LogP contribution in [0.5, 0.6) is 0 Å². The molecule has 4 N–H and O–H groups in total. The van der Waals surface area contributed by atoms with Gasteiger partial charge in [-0.2, -0.15) is 0 Å². The van der Waals surface area contributed by atoms with Crippen LogP contribution in [0, 0.1) is 0 Å². The SMILES string of the molecule is CC1(C)O[C@@H]2[C@H](O1)[C@@H](CO)O[C@H]2c1nc2ncnc(N)c2[nH]1. The maximum atomic E-state index is 9.50. The zero-order valence-electron chi connectivity index (χ0n) is 12.2. The molecule has 0 amide bonds. The minimum atomic E-state index is -0.727. The van der Waals surface area contributed by atoms with Gasteiger partial charge >= 0.3 is 0 Å². The second kappa shape index (κ2) is 4.59. The van der Waals surface area contributed by atoms with E-state index in [1.807, 2.05) is 13.8 Å². The molecule has 2 aliphatic rings. The lowest BCUT2D eigenvalue weighted by atomic mass is 10.1. The van der Waals surface area contributed by atoms with Crippen molar-refractivity contribution in [3.63, 3.8) is 0 Å². The van der Waals surface area contributed by atoms with Gasteiger partial charge in [0.1, 0.15) is 42.1 Å². The Morgan fingerprint density at radius 2 is 2.09 bits per heavy atom. The van der Waals surface area contributed by atoms with Crippen LogP contribution in [0.2, 0.25) is 0 Å². The van der Waals surface area contributed by atoms with Crippen molar-refractivity contribution in [3.8, 4) is 0 Å². The molecule has 2 fully saturated rings. The predicted molar refractivity (Wildman–Crippen MR) is 74.6 cm³/mol. The predicted octanol–water partition coefficient (Wildman–Crippen LogP) is -0.113. The van der Waals surface area contributed by atoms with Crippen LogP contribution in [0.25, 0.3) is 11.2 Å². The number of nitrogens with zero attached hydrogens (tertiary/aromatic N) is 3. The van der Waals surface area contributed by atoms with Gasteiger partial charge in [-0.15, -0.1) is 0 Å². The first-order valence-corrected chi connectivity index (χ1v) is 7.06. The van der Waals surface area contributed by atoms with Crippen molar-refractivity contribution in [3.05, 3.63) is 12.2 Å². The van der Waals surface area contributed by atoms with E-state index in [9.17, 15) is 5.11 Å². The van der Waals surface area contributed by atoms with E-state index in [0.717, 1.165) is 0 Å². The van der Waals surface area contributed by atoms with E-state index in [1.165, 1.54) is 6.33 Å². The molecule has 4 rings (SSSR count). The van der Waals surface area contributed by atoms with Gasteiger partial charge in [0.15, 0.2) is 17.3 Å². The monoisotopic (exact) mass is 307 g/mol. The molecule has 2 aromatic rings. The fourth-order valence-corrected chi connectivity index (χ4v) is 3.05. The maximum Gasteiger partial charge on any atom is 0.183 e. The summed E-state index contributed by atoms with van der Waals surface area (Å²) in [6.07, 6.45) is -0.301. The minimum absolute atomic E-state index is 0.153. The number of nitrogen functional groups attached to an aromatic ring is 1. The molecule has 9 nitrogen and oxygen atoms in total. The van der Waals surface area contributed by atoms with E-state index in [2.05, 4.69) is 19.9 Å². The summed E-state index contributed by atoms with van der Waals surface area (Å²) in [6, 6.07) is 0. The van der Waals surface area contributed by atoms with Crippen LogP contribution < -0.4 is 5.73 Å². The lowest BCUT2D eigenvalue weighted by molar-refractivity contribution is -0.191. The molecular weight excluding hydrogens is 290 g/mol. The standard InChI is InChI=1S/C13H17N5O4/c1-13(2)21-7-5(3-19)20-9(8(7)22-13)12-17-6-10(14)15-4-16-11(6)18-12/h4-5,7-9,19H,3H2,1-2H3,(H3,14,15,16,17,18)/t5-,7-,8-,9-/m1/s1. The van der Waals surface area contributed by atoms with Crippen molar-refractivity contribution in [1.82, 2.24) is 19.9 Å². The molecule has 0 aliphatic carbocycles. The summed E-state index contributed by atoms with van der Waals surface area (Å²) in [7, 11) is 0. The smallest absolute Gasteiger partial charge is 0.183 e. The Kier molecular flexibility index (Phi) is 2.89. The average molecular weight is 307 g/mol. The highest BCUT2D eigenvalue weighted by molar-refractivity contribution is 5.81. The molecule has 0 bridgehead atoms. The number of anilines is 1. The molecule has 9 heteroatoms. The molecule has 2 aliphatic heterocycles. The highest BCUT2D eigenvalue weighted by Gasteiger charge is 2.56. The van der Waals surface area contributed by atoms with E-state index < -0.39 is 18.0 Å². The summed E-state index contributed by atoms with van der Waals surface area (Å²) >= 11 is 0. The van der Waals surface area contributed by atoms with Crippen molar-refractivity contribution < 1.29 is 19.3 Å². The van der Waals surface area contributed by atoms with Crippen molar-refractivity contribution in [1.29, 1.82) is 0 Å². The zero-order valence-corrected chi connectivity index (χ0v) is 12.2. The molecular formula is C13H17N5O4. The Bertz CT molecular complexity index is 718. The number of aromatic nitrogens is 4. The largest absolute Gasteiger partial charge is 0.394 e. The van der Waals surface area contributed by atoms with E-state index in [4.69, 9.17) is 19.9 Å². The molecule has 4 heterocycles. The van der Waals surface area contributed by atoms with E-state index in [0.29, 0.717) is 22.8 Å². The minimum Gasteiger partial charge on any atom is -0.394 e. The van der Waals surface area contributed by atoms with E-state index in [1.54, 1.807) is 0 Å². The molecule has 0 saturated carbocycles. The number of aromatic amines is 1. The number of aliphatic hydroxyl groups is 1. The third-order valence-electron chi connectivity index (χ3n) is 3.94. The van der Waals surface area contributed by atoms with E-state index in [-0.39, 0.29) is 18.8 Å². The Hall–Kier alpha value is -1.81. The normalized spacial score (nSPS) is 33.4. The number of H-pyrrole nitrogens is 1. The number of ether oxygens (including phenoxy) is 3. The molecule has 2 aromatic heterocycles. The van der Waals surface area contributed by atoms with Crippen molar-refractivity contribution in [2.75, 3.05) is 12.3 Å². The quantitative estimate of drug-likeness (QED) is 0.701. The summed E-state index contributed by atoms with van der Waals surface area (Å²) < 4.78 is 17.6. The third kappa shape index (κ3) is 1.97. The maximum absolute atomic E-state index is 9.50. The molecule has 0 aromatic carbocycles. The van der Waals surface area contributed by atoms with Gasteiger partial charge in [-0.1, -0.05) is 0 Å². The number of nitrogens with two attached hydrogens (primary N) is 1. The average Bonchev–Trinajstić information content (AvgIpc) is 3.09. The van der Waals surface area contributed by atoms with Gasteiger partial charge in [0.05, 0.1) is 6.61 Å². The molecule has 2 saturated heterocycles. The van der Waals surface area contributed by atoms with Crippen molar-refractivity contribution in [2.45, 2.75) is 44.1 Å². The van der Waals surface area contributed by atoms with Crippen molar-refractivity contribution >= 4 is 17.0 Å². The van der Waals surface area contributed by atoms with Gasteiger partial charge in [-0.3, -0.25) is 0 Å². The Labute approximate surface area is 125 Å². The summed E-state index contributed by atoms with van der Waals surface area (Å²) in [6.45, 7) is 3.51. The number of hydrogen-bond acceptors (Lipinski definition) is 8. The first-order chi connectivity index (χ1) is 10.5. The molecule has 0 spiro atoms. The van der Waals surface area contributed by atoms with Crippen LogP contribution in [-0.2, 0) is 14.2 Å². The van der Waals surface area contributed by atoms with Gasteiger partial charge in [0.2, 0.25) is 0 Å². The van der Waals surface area contributed by atoms with Gasteiger partial charge in [-0.25, -0.2) is 15.0 Å². The Morgan fingerprint density at radius 1 is 1.32 bits per heavy atom. The molecule has 4 atom stereocenters. The first-order valence-electron chi connectivity index (χ1n) is 7.06. The van der Waals surface area contributed by atoms with Crippen LogP contribution >= 0.6 is 0 Å². The highest BCUT2D eigenvalue weighted by Crippen LogP contribution is 2.44. The Morgan fingerprint density at radius 3 is 2.82 bits per heavy atom. The first kappa shape index (κ1) is 13.8. The summed E-state index contributed by atoms with van der Waals surface area (Å²) in [5.41, 5.74) is 6.84. The highest BCUT2D eigenvalue weighted by atomic mass is 16.8. The number of imidazole rings is 1. The van der Waals surface area contributed by atoms with Crippen LogP contribution in [0.15, 0.2) is 6.33 Å². The van der Waals surface area contributed by atoms with Crippen LogP contribution in [0.4, 0.5) is 5.82 Å². The number of rotatable bonds is 2. The van der Waals surface area contributed by atoms with Crippen LogP contribution in [0.1, 0.15) is 25.8 Å². The van der Waals surface area contributed by atoms with Gasteiger partial charge in [0.25, 0.3) is 0 Å². The lowest BCUT2D eigenvalue weighted by Crippen LogP contribution is -2.31. The summed E-state index contributed by atoms with van der Waals surface area (Å²) in [4.78, 5) is 15.5. The molecule has 118 valence electrons. The number of hydrogen-bond donors (Lipinski definition) is 3. The van der Waals surface area contributed by atoms with Gasteiger partial charge < -0.3 is 30.0 Å². The number of aliphatic hydroxyl groups excluding tert-OH is 1. The lowest BCUT2D eigenvalue weighted by Gasteiger charge is -2.22. The third-order valence-corrected chi connectivity index (χ3v) is 3.94. The van der Waals surface area contributed by atoms with Gasteiger partial charge in [-0.05, 0) is 13.8 Å². The summed E-state index contributed by atoms with van der Waals surface area (Å²) in [5.74, 6) is 0.130. The topological polar surface area (TPSA) is 128 Å². The second-order valence-electron chi connectivity index (χ2n) is 5.92. The second-order valence-corrected chi connectivity index (χ2v) is 5.92. The van der Waals surface area contributed by atoms with Crippen LogP contribution in [0.3, 0.4) is 0 Å². The Balaban J connectivity index is 1.73. The molecule has 0 radical (unpaired) electrons. The molecule has 22 heavy (non-hydrogen) atoms. The fraction of sp³-hybridized carbons (Fsp3) is 0.615. The van der Waals surface area contributed by atoms with Gasteiger partial charge in [0, 0.05) is 0 Å². The van der Waals surface area contributed by atoms with Crippen LogP contribution in [-0.4, -0.2) is 55.7 Å². The number of nitrogens with one attached hydrogen (secondary N) is 1. The summed E-state index contributed by atoms with van der Waals surface area (Å²) in [5, 5.41) is 9.50. The molecule has 0 unspecified atom stereocenters. The van der Waals surface area contributed by atoms with Crippen molar-refractivity contribution in [2.24, 2.45) is 0 Å².